The monoisotopic (exact) mass is 338 g/mol. The molecule has 1 aromatic carbocycles. The van der Waals surface area contributed by atoms with Crippen LogP contribution in [0.25, 0.3) is 0 Å². The van der Waals surface area contributed by atoms with Crippen molar-refractivity contribution in [2.24, 2.45) is 0 Å². The standard InChI is InChI=1S/C20H26N4O/c1-3-16(2)22-20(25)17-13-19(15-21-14-17)24-11-9-23(10-12-24)18-7-5-4-6-8-18/h4-8,13-16H,3,9-12H2,1-2H3,(H,22,25). The van der Waals surface area contributed by atoms with Crippen molar-refractivity contribution in [3.63, 3.8) is 0 Å². The maximum absolute atomic E-state index is 12.3. The fourth-order valence-corrected chi connectivity index (χ4v) is 3.00. The number of anilines is 2. The van der Waals surface area contributed by atoms with Crippen LogP contribution in [0, 0.1) is 0 Å². The van der Waals surface area contributed by atoms with Crippen LogP contribution in [-0.4, -0.2) is 43.1 Å². The molecule has 2 heterocycles. The fraction of sp³-hybridized carbons (Fsp3) is 0.400. The molecule has 25 heavy (non-hydrogen) atoms. The Bertz CT molecular complexity index is 696. The van der Waals surface area contributed by atoms with Crippen molar-refractivity contribution in [1.82, 2.24) is 10.3 Å². The minimum Gasteiger partial charge on any atom is -0.368 e. The molecule has 1 aromatic heterocycles. The summed E-state index contributed by atoms with van der Waals surface area (Å²) in [7, 11) is 0. The van der Waals surface area contributed by atoms with E-state index >= 15 is 0 Å². The van der Waals surface area contributed by atoms with E-state index in [1.165, 1.54) is 5.69 Å². The van der Waals surface area contributed by atoms with Crippen molar-refractivity contribution in [3.05, 3.63) is 54.4 Å². The van der Waals surface area contributed by atoms with Gasteiger partial charge in [0, 0.05) is 44.1 Å². The molecular weight excluding hydrogens is 312 g/mol. The van der Waals surface area contributed by atoms with Crippen LogP contribution in [-0.2, 0) is 0 Å². The molecule has 1 N–H and O–H groups in total. The molecule has 5 heteroatoms. The first-order valence-electron chi connectivity index (χ1n) is 8.98. The van der Waals surface area contributed by atoms with Crippen molar-refractivity contribution >= 4 is 17.3 Å². The average molecular weight is 338 g/mol. The predicted molar refractivity (Wildman–Crippen MR) is 102 cm³/mol. The molecule has 0 radical (unpaired) electrons. The van der Waals surface area contributed by atoms with Crippen LogP contribution in [0.2, 0.25) is 0 Å². The number of piperazine rings is 1. The minimum atomic E-state index is -0.0494. The van der Waals surface area contributed by atoms with Crippen LogP contribution >= 0.6 is 0 Å². The van der Waals surface area contributed by atoms with E-state index in [9.17, 15) is 4.79 Å². The lowest BCUT2D eigenvalue weighted by atomic mass is 10.2. The highest BCUT2D eigenvalue weighted by Crippen LogP contribution is 2.20. The van der Waals surface area contributed by atoms with Gasteiger partial charge in [-0.25, -0.2) is 0 Å². The normalized spacial score (nSPS) is 15.8. The summed E-state index contributed by atoms with van der Waals surface area (Å²) < 4.78 is 0. The number of hydrogen-bond donors (Lipinski definition) is 1. The molecule has 132 valence electrons. The maximum atomic E-state index is 12.3. The third-order valence-electron chi connectivity index (χ3n) is 4.74. The van der Waals surface area contributed by atoms with Crippen LogP contribution in [0.15, 0.2) is 48.8 Å². The molecular formula is C20H26N4O. The first-order valence-corrected chi connectivity index (χ1v) is 8.98. The number of rotatable bonds is 5. The molecule has 1 saturated heterocycles. The van der Waals surface area contributed by atoms with Gasteiger partial charge >= 0.3 is 0 Å². The van der Waals surface area contributed by atoms with Crippen molar-refractivity contribution in [2.75, 3.05) is 36.0 Å². The summed E-state index contributed by atoms with van der Waals surface area (Å²) in [4.78, 5) is 21.3. The van der Waals surface area contributed by atoms with Crippen molar-refractivity contribution in [2.45, 2.75) is 26.3 Å². The van der Waals surface area contributed by atoms with Gasteiger partial charge in [-0.05, 0) is 31.5 Å². The summed E-state index contributed by atoms with van der Waals surface area (Å²) in [5.41, 5.74) is 2.91. The molecule has 1 unspecified atom stereocenters. The van der Waals surface area contributed by atoms with Gasteiger partial charge in [0.2, 0.25) is 0 Å². The van der Waals surface area contributed by atoms with Crippen LogP contribution in [0.3, 0.4) is 0 Å². The number of benzene rings is 1. The Morgan fingerprint density at radius 1 is 1.08 bits per heavy atom. The molecule has 0 saturated carbocycles. The van der Waals surface area contributed by atoms with E-state index in [4.69, 9.17) is 0 Å². The quantitative estimate of drug-likeness (QED) is 0.911. The lowest BCUT2D eigenvalue weighted by Crippen LogP contribution is -2.46. The summed E-state index contributed by atoms with van der Waals surface area (Å²) in [5.74, 6) is -0.0494. The van der Waals surface area contributed by atoms with Gasteiger partial charge in [0.05, 0.1) is 17.4 Å². The number of amides is 1. The van der Waals surface area contributed by atoms with Gasteiger partial charge in [-0.2, -0.15) is 0 Å². The van der Waals surface area contributed by atoms with E-state index in [0.717, 1.165) is 38.3 Å². The second kappa shape index (κ2) is 8.01. The molecule has 0 aliphatic carbocycles. The molecule has 0 spiro atoms. The lowest BCUT2D eigenvalue weighted by molar-refractivity contribution is 0.0939. The number of carbonyl (C=O) groups is 1. The number of carbonyl (C=O) groups excluding carboxylic acids is 1. The van der Waals surface area contributed by atoms with E-state index in [-0.39, 0.29) is 11.9 Å². The van der Waals surface area contributed by atoms with E-state index in [1.54, 1.807) is 6.20 Å². The smallest absolute Gasteiger partial charge is 0.253 e. The fourth-order valence-electron chi connectivity index (χ4n) is 3.00. The molecule has 1 amide bonds. The van der Waals surface area contributed by atoms with Gasteiger partial charge in [-0.1, -0.05) is 25.1 Å². The van der Waals surface area contributed by atoms with Crippen molar-refractivity contribution < 1.29 is 4.79 Å². The molecule has 1 aliphatic rings. The zero-order valence-electron chi connectivity index (χ0n) is 15.0. The van der Waals surface area contributed by atoms with Crippen LogP contribution in [0.4, 0.5) is 11.4 Å². The molecule has 2 aromatic rings. The van der Waals surface area contributed by atoms with Gasteiger partial charge in [-0.15, -0.1) is 0 Å². The van der Waals surface area contributed by atoms with Crippen molar-refractivity contribution in [3.8, 4) is 0 Å². The zero-order valence-corrected chi connectivity index (χ0v) is 15.0. The summed E-state index contributed by atoms with van der Waals surface area (Å²) in [6, 6.07) is 12.6. The number of aromatic nitrogens is 1. The Morgan fingerprint density at radius 2 is 1.72 bits per heavy atom. The van der Waals surface area contributed by atoms with Gasteiger partial charge in [0.1, 0.15) is 0 Å². The second-order valence-electron chi connectivity index (χ2n) is 6.52. The third-order valence-corrected chi connectivity index (χ3v) is 4.74. The van der Waals surface area contributed by atoms with Crippen LogP contribution in [0.1, 0.15) is 30.6 Å². The topological polar surface area (TPSA) is 48.5 Å². The highest BCUT2D eigenvalue weighted by molar-refractivity contribution is 5.94. The van der Waals surface area contributed by atoms with E-state index in [0.29, 0.717) is 5.56 Å². The first-order chi connectivity index (χ1) is 12.2. The van der Waals surface area contributed by atoms with Gasteiger partial charge in [0.15, 0.2) is 0 Å². The lowest BCUT2D eigenvalue weighted by Gasteiger charge is -2.37. The molecule has 1 fully saturated rings. The van der Waals surface area contributed by atoms with Crippen molar-refractivity contribution in [1.29, 1.82) is 0 Å². The largest absolute Gasteiger partial charge is 0.368 e. The predicted octanol–water partition coefficient (Wildman–Crippen LogP) is 2.94. The number of hydrogen-bond acceptors (Lipinski definition) is 4. The minimum absolute atomic E-state index is 0.0494. The number of pyridine rings is 1. The van der Waals surface area contributed by atoms with E-state index < -0.39 is 0 Å². The Labute approximate surface area is 149 Å². The molecule has 3 rings (SSSR count). The average Bonchev–Trinajstić information content (AvgIpc) is 2.68. The van der Waals surface area contributed by atoms with Gasteiger partial charge in [-0.3, -0.25) is 9.78 Å². The summed E-state index contributed by atoms with van der Waals surface area (Å²) in [6.45, 7) is 7.85. The highest BCUT2D eigenvalue weighted by atomic mass is 16.1. The third kappa shape index (κ3) is 4.29. The van der Waals surface area contributed by atoms with E-state index in [1.807, 2.05) is 25.3 Å². The summed E-state index contributed by atoms with van der Waals surface area (Å²) in [5, 5.41) is 3.00. The Morgan fingerprint density at radius 3 is 2.36 bits per heavy atom. The van der Waals surface area contributed by atoms with E-state index in [2.05, 4.69) is 51.3 Å². The summed E-state index contributed by atoms with van der Waals surface area (Å²) in [6.07, 6.45) is 4.40. The van der Waals surface area contributed by atoms with Gasteiger partial charge < -0.3 is 15.1 Å². The summed E-state index contributed by atoms with van der Waals surface area (Å²) >= 11 is 0. The first kappa shape index (κ1) is 17.3. The molecule has 1 aliphatic heterocycles. The molecule has 1 atom stereocenters. The Hall–Kier alpha value is -2.56. The maximum Gasteiger partial charge on any atom is 0.253 e. The van der Waals surface area contributed by atoms with Crippen LogP contribution < -0.4 is 15.1 Å². The Balaban J connectivity index is 1.64. The highest BCUT2D eigenvalue weighted by Gasteiger charge is 2.19. The van der Waals surface area contributed by atoms with Crippen LogP contribution in [0.5, 0.6) is 0 Å². The van der Waals surface area contributed by atoms with Gasteiger partial charge in [0.25, 0.3) is 5.91 Å². The number of nitrogens with one attached hydrogen (secondary N) is 1. The molecule has 0 bridgehead atoms. The SMILES string of the molecule is CCC(C)NC(=O)c1cncc(N2CCN(c3ccccc3)CC2)c1. The Kier molecular flexibility index (Phi) is 5.53. The zero-order chi connectivity index (χ0) is 17.6. The second-order valence-corrected chi connectivity index (χ2v) is 6.52. The molecule has 5 nitrogen and oxygen atoms in total. The number of para-hydroxylation sites is 1. The number of nitrogens with zero attached hydrogens (tertiary/aromatic N) is 3.